The van der Waals surface area contributed by atoms with Crippen LogP contribution in [0.3, 0.4) is 0 Å². The van der Waals surface area contributed by atoms with Crippen molar-refractivity contribution in [2.75, 3.05) is 13.2 Å². The fourth-order valence-electron chi connectivity index (χ4n) is 1.73. The molecule has 1 N–H and O–H groups in total. The molecule has 0 atom stereocenters. The predicted molar refractivity (Wildman–Crippen MR) is 70.1 cm³/mol. The number of benzene rings is 1. The highest BCUT2D eigenvalue weighted by molar-refractivity contribution is 5.27. The van der Waals surface area contributed by atoms with Crippen molar-refractivity contribution >= 4 is 0 Å². The lowest BCUT2D eigenvalue weighted by Crippen LogP contribution is -2.00. The van der Waals surface area contributed by atoms with Crippen LogP contribution in [0.4, 0.5) is 0 Å². The molecule has 1 aromatic carbocycles. The Morgan fingerprint density at radius 2 is 1.95 bits per heavy atom. The minimum absolute atomic E-state index is 0.170. The van der Waals surface area contributed by atoms with E-state index in [0.29, 0.717) is 24.8 Å². The van der Waals surface area contributed by atoms with E-state index in [-0.39, 0.29) is 6.61 Å². The second-order valence-corrected chi connectivity index (χ2v) is 4.28. The first-order chi connectivity index (χ1) is 9.28. The third-order valence-corrected chi connectivity index (χ3v) is 2.70. The molecule has 0 amide bonds. The number of rotatable bonds is 7. The molecule has 102 valence electrons. The van der Waals surface area contributed by atoms with Gasteiger partial charge in [0.25, 0.3) is 0 Å². The zero-order chi connectivity index (χ0) is 13.5. The molecule has 19 heavy (non-hydrogen) atoms. The fourth-order valence-corrected chi connectivity index (χ4v) is 1.73. The largest absolute Gasteiger partial charge is 0.494 e. The molecule has 0 radical (unpaired) electrons. The van der Waals surface area contributed by atoms with E-state index in [1.807, 2.05) is 24.3 Å². The summed E-state index contributed by atoms with van der Waals surface area (Å²) in [5.74, 6) is 2.08. The highest BCUT2D eigenvalue weighted by Gasteiger charge is 2.02. The second-order valence-electron chi connectivity index (χ2n) is 4.28. The van der Waals surface area contributed by atoms with Gasteiger partial charge in [-0.15, -0.1) is 10.2 Å². The van der Waals surface area contributed by atoms with Gasteiger partial charge in [0.05, 0.1) is 6.61 Å². The van der Waals surface area contributed by atoms with Crippen LogP contribution in [0.2, 0.25) is 0 Å². The Balaban J connectivity index is 1.70. The first kappa shape index (κ1) is 13.5. The van der Waals surface area contributed by atoms with Gasteiger partial charge in [0.1, 0.15) is 5.75 Å². The molecule has 0 saturated heterocycles. The number of hydrogen-bond donors (Lipinski definition) is 1. The van der Waals surface area contributed by atoms with Gasteiger partial charge in [0.15, 0.2) is 0 Å². The van der Waals surface area contributed by atoms with E-state index in [1.54, 1.807) is 6.92 Å². The van der Waals surface area contributed by atoms with Crippen molar-refractivity contribution in [3.05, 3.63) is 41.6 Å². The van der Waals surface area contributed by atoms with E-state index in [4.69, 9.17) is 14.3 Å². The van der Waals surface area contributed by atoms with Crippen LogP contribution >= 0.6 is 0 Å². The number of aliphatic hydroxyl groups excluding tert-OH is 1. The molecule has 0 spiro atoms. The summed E-state index contributed by atoms with van der Waals surface area (Å²) in [5, 5.41) is 16.5. The lowest BCUT2D eigenvalue weighted by molar-refractivity contribution is 0.298. The van der Waals surface area contributed by atoms with Gasteiger partial charge in [-0.25, -0.2) is 0 Å². The van der Waals surface area contributed by atoms with Crippen LogP contribution in [0, 0.1) is 6.92 Å². The highest BCUT2D eigenvalue weighted by atomic mass is 16.5. The Labute approximate surface area is 112 Å². The normalized spacial score (nSPS) is 10.6. The Morgan fingerprint density at radius 3 is 2.58 bits per heavy atom. The molecule has 0 bridgehead atoms. The van der Waals surface area contributed by atoms with E-state index >= 15 is 0 Å². The van der Waals surface area contributed by atoms with Crippen LogP contribution in [0.25, 0.3) is 0 Å². The molecule has 0 aliphatic carbocycles. The minimum atomic E-state index is 0.170. The van der Waals surface area contributed by atoms with Gasteiger partial charge in [0, 0.05) is 20.0 Å². The highest BCUT2D eigenvalue weighted by Crippen LogP contribution is 2.13. The van der Waals surface area contributed by atoms with E-state index in [0.717, 1.165) is 24.2 Å². The van der Waals surface area contributed by atoms with E-state index < -0.39 is 0 Å². The van der Waals surface area contributed by atoms with E-state index in [1.165, 1.54) is 0 Å². The average Bonchev–Trinajstić information content (AvgIpc) is 2.83. The van der Waals surface area contributed by atoms with Crippen molar-refractivity contribution in [2.45, 2.75) is 26.2 Å². The van der Waals surface area contributed by atoms with Gasteiger partial charge in [-0.1, -0.05) is 12.1 Å². The Kier molecular flexibility index (Phi) is 4.92. The maximum Gasteiger partial charge on any atom is 0.216 e. The van der Waals surface area contributed by atoms with Crippen LogP contribution in [0.1, 0.15) is 23.8 Å². The third kappa shape index (κ3) is 4.37. The molecular formula is C14H18N2O3. The summed E-state index contributed by atoms with van der Waals surface area (Å²) < 4.78 is 10.9. The van der Waals surface area contributed by atoms with Gasteiger partial charge in [-0.05, 0) is 30.5 Å². The van der Waals surface area contributed by atoms with Crippen LogP contribution in [0.5, 0.6) is 5.75 Å². The van der Waals surface area contributed by atoms with Crippen LogP contribution in [-0.2, 0) is 12.8 Å². The quantitative estimate of drug-likeness (QED) is 0.772. The Morgan fingerprint density at radius 1 is 1.16 bits per heavy atom. The van der Waals surface area contributed by atoms with Crippen molar-refractivity contribution in [1.29, 1.82) is 0 Å². The van der Waals surface area contributed by atoms with E-state index in [2.05, 4.69) is 10.2 Å². The maximum absolute atomic E-state index is 8.82. The van der Waals surface area contributed by atoms with Gasteiger partial charge < -0.3 is 14.3 Å². The SMILES string of the molecule is Cc1nnc(CCCOc2ccc(CCO)cc2)o1. The first-order valence-electron chi connectivity index (χ1n) is 6.39. The number of nitrogens with zero attached hydrogens (tertiary/aromatic N) is 2. The number of hydrogen-bond acceptors (Lipinski definition) is 5. The number of aromatic nitrogens is 2. The molecule has 0 aliphatic rings. The second kappa shape index (κ2) is 6.89. The molecule has 2 aromatic rings. The molecule has 0 saturated carbocycles. The summed E-state index contributed by atoms with van der Waals surface area (Å²) in [6, 6.07) is 7.77. The number of aryl methyl sites for hydroxylation is 2. The lowest BCUT2D eigenvalue weighted by atomic mass is 10.1. The number of aliphatic hydroxyl groups is 1. The van der Waals surface area contributed by atoms with Crippen molar-refractivity contribution in [2.24, 2.45) is 0 Å². The molecule has 0 fully saturated rings. The summed E-state index contributed by atoms with van der Waals surface area (Å²) in [7, 11) is 0. The van der Waals surface area contributed by atoms with Crippen molar-refractivity contribution in [3.63, 3.8) is 0 Å². The third-order valence-electron chi connectivity index (χ3n) is 2.70. The molecule has 1 aromatic heterocycles. The summed E-state index contributed by atoms with van der Waals surface area (Å²) >= 11 is 0. The molecule has 0 unspecified atom stereocenters. The molecular weight excluding hydrogens is 244 g/mol. The summed E-state index contributed by atoms with van der Waals surface area (Å²) in [4.78, 5) is 0. The van der Waals surface area contributed by atoms with Crippen LogP contribution in [-0.4, -0.2) is 28.5 Å². The fraction of sp³-hybridized carbons (Fsp3) is 0.429. The summed E-state index contributed by atoms with van der Waals surface area (Å²) in [6.07, 6.45) is 2.24. The molecule has 0 aliphatic heterocycles. The van der Waals surface area contributed by atoms with Crippen molar-refractivity contribution in [3.8, 4) is 5.75 Å². The summed E-state index contributed by atoms with van der Waals surface area (Å²) in [6.45, 7) is 2.56. The first-order valence-corrected chi connectivity index (χ1v) is 6.39. The molecule has 5 heteroatoms. The summed E-state index contributed by atoms with van der Waals surface area (Å²) in [5.41, 5.74) is 1.11. The van der Waals surface area contributed by atoms with Gasteiger partial charge in [-0.2, -0.15) is 0 Å². The zero-order valence-corrected chi connectivity index (χ0v) is 11.0. The molecule has 2 rings (SSSR count). The molecule has 1 heterocycles. The smallest absolute Gasteiger partial charge is 0.216 e. The predicted octanol–water partition coefficient (Wildman–Crippen LogP) is 1.92. The maximum atomic E-state index is 8.82. The van der Waals surface area contributed by atoms with Gasteiger partial charge >= 0.3 is 0 Å². The zero-order valence-electron chi connectivity index (χ0n) is 11.0. The number of ether oxygens (including phenoxy) is 1. The monoisotopic (exact) mass is 262 g/mol. The van der Waals surface area contributed by atoms with Crippen molar-refractivity contribution < 1.29 is 14.3 Å². The topological polar surface area (TPSA) is 68.4 Å². The average molecular weight is 262 g/mol. The standard InChI is InChI=1S/C14H18N2O3/c1-11-15-16-14(19-11)3-2-10-18-13-6-4-12(5-7-13)8-9-17/h4-7,17H,2-3,8-10H2,1H3. The molecule has 5 nitrogen and oxygen atoms in total. The van der Waals surface area contributed by atoms with Crippen LogP contribution < -0.4 is 4.74 Å². The van der Waals surface area contributed by atoms with Crippen molar-refractivity contribution in [1.82, 2.24) is 10.2 Å². The van der Waals surface area contributed by atoms with Gasteiger partial charge in [-0.3, -0.25) is 0 Å². The Hall–Kier alpha value is -1.88. The lowest BCUT2D eigenvalue weighted by Gasteiger charge is -2.06. The minimum Gasteiger partial charge on any atom is -0.494 e. The van der Waals surface area contributed by atoms with Gasteiger partial charge in [0.2, 0.25) is 11.8 Å². The Bertz CT molecular complexity index is 494. The van der Waals surface area contributed by atoms with Crippen LogP contribution in [0.15, 0.2) is 28.7 Å². The van der Waals surface area contributed by atoms with E-state index in [9.17, 15) is 0 Å².